The normalized spacial score (nSPS) is 12.0. The van der Waals surface area contributed by atoms with Crippen LogP contribution < -0.4 is 16.0 Å². The Bertz CT molecular complexity index is 785. The van der Waals surface area contributed by atoms with E-state index in [2.05, 4.69) is 30.9 Å². The quantitative estimate of drug-likeness (QED) is 0.433. The maximum atomic E-state index is 12.6. The summed E-state index contributed by atoms with van der Waals surface area (Å²) in [7, 11) is 0. The summed E-state index contributed by atoms with van der Waals surface area (Å²) in [6.07, 6.45) is 0. The number of carbonyl (C=O) groups excluding carboxylic acids is 2. The first kappa shape index (κ1) is 21.6. The van der Waals surface area contributed by atoms with Crippen LogP contribution in [0.5, 0.6) is 0 Å². The van der Waals surface area contributed by atoms with Gasteiger partial charge in [0.05, 0.1) is 0 Å². The molecule has 9 heteroatoms. The Morgan fingerprint density at radius 1 is 0.893 bits per heavy atom. The van der Waals surface area contributed by atoms with Crippen LogP contribution in [0, 0.1) is 0 Å². The first-order chi connectivity index (χ1) is 13.2. The van der Waals surface area contributed by atoms with Gasteiger partial charge >= 0.3 is 0 Å². The highest BCUT2D eigenvalue weighted by molar-refractivity contribution is 8.01. The SMILES string of the molecule is CC(=O)C(Sc1nc(NC(C)C)nc(NC(C)C)n1)C(=O)Nc1ccccc1. The van der Waals surface area contributed by atoms with Crippen LogP contribution >= 0.6 is 11.8 Å². The second kappa shape index (κ2) is 10.0. The molecule has 2 rings (SSSR count). The van der Waals surface area contributed by atoms with E-state index in [0.717, 1.165) is 11.8 Å². The molecule has 28 heavy (non-hydrogen) atoms. The van der Waals surface area contributed by atoms with Crippen molar-refractivity contribution in [3.63, 3.8) is 0 Å². The van der Waals surface area contributed by atoms with Crippen molar-refractivity contribution in [2.75, 3.05) is 16.0 Å². The molecule has 0 bridgehead atoms. The molecule has 0 saturated carbocycles. The number of benzene rings is 1. The molecule has 0 fully saturated rings. The summed E-state index contributed by atoms with van der Waals surface area (Å²) in [4.78, 5) is 37.8. The lowest BCUT2D eigenvalue weighted by atomic mass is 10.2. The van der Waals surface area contributed by atoms with Gasteiger partial charge in [0.1, 0.15) is 5.25 Å². The Balaban J connectivity index is 2.24. The molecule has 0 saturated heterocycles. The fourth-order valence-electron chi connectivity index (χ4n) is 2.21. The van der Waals surface area contributed by atoms with Crippen LogP contribution in [-0.2, 0) is 9.59 Å². The number of amides is 1. The summed E-state index contributed by atoms with van der Waals surface area (Å²) in [6, 6.07) is 9.24. The van der Waals surface area contributed by atoms with Crippen LogP contribution in [0.25, 0.3) is 0 Å². The van der Waals surface area contributed by atoms with Gasteiger partial charge in [-0.05, 0) is 46.8 Å². The van der Waals surface area contributed by atoms with Gasteiger partial charge in [0.2, 0.25) is 17.8 Å². The highest BCUT2D eigenvalue weighted by atomic mass is 32.2. The van der Waals surface area contributed by atoms with E-state index in [1.54, 1.807) is 12.1 Å². The van der Waals surface area contributed by atoms with Gasteiger partial charge in [-0.2, -0.15) is 15.0 Å². The zero-order chi connectivity index (χ0) is 20.7. The minimum atomic E-state index is -0.971. The van der Waals surface area contributed by atoms with E-state index in [-0.39, 0.29) is 17.9 Å². The zero-order valence-electron chi connectivity index (χ0n) is 16.7. The number of nitrogens with one attached hydrogen (secondary N) is 3. The van der Waals surface area contributed by atoms with Gasteiger partial charge in [-0.25, -0.2) is 0 Å². The largest absolute Gasteiger partial charge is 0.352 e. The third kappa shape index (κ3) is 6.80. The Morgan fingerprint density at radius 3 is 1.89 bits per heavy atom. The Morgan fingerprint density at radius 2 is 1.43 bits per heavy atom. The van der Waals surface area contributed by atoms with Crippen molar-refractivity contribution in [3.8, 4) is 0 Å². The molecule has 1 heterocycles. The van der Waals surface area contributed by atoms with Crippen molar-refractivity contribution >= 4 is 41.0 Å². The maximum Gasteiger partial charge on any atom is 0.245 e. The number of hydrogen-bond acceptors (Lipinski definition) is 8. The van der Waals surface area contributed by atoms with E-state index in [0.29, 0.717) is 22.7 Å². The average molecular weight is 403 g/mol. The first-order valence-electron chi connectivity index (χ1n) is 9.06. The smallest absolute Gasteiger partial charge is 0.245 e. The third-order valence-electron chi connectivity index (χ3n) is 3.32. The fraction of sp³-hybridized carbons (Fsp3) is 0.421. The van der Waals surface area contributed by atoms with Crippen LogP contribution in [-0.4, -0.2) is 44.0 Å². The molecule has 1 amide bonds. The van der Waals surface area contributed by atoms with Crippen LogP contribution in [0.2, 0.25) is 0 Å². The summed E-state index contributed by atoms with van der Waals surface area (Å²) in [6.45, 7) is 9.26. The molecule has 1 unspecified atom stereocenters. The van der Waals surface area contributed by atoms with E-state index in [1.165, 1.54) is 6.92 Å². The number of para-hydroxylation sites is 1. The molecule has 0 spiro atoms. The van der Waals surface area contributed by atoms with Crippen molar-refractivity contribution in [3.05, 3.63) is 30.3 Å². The molecule has 1 aromatic carbocycles. The number of aromatic nitrogens is 3. The monoisotopic (exact) mass is 402 g/mol. The second-order valence-electron chi connectivity index (χ2n) is 6.83. The molecule has 150 valence electrons. The van der Waals surface area contributed by atoms with Gasteiger partial charge in [0.15, 0.2) is 10.9 Å². The maximum absolute atomic E-state index is 12.6. The number of carbonyl (C=O) groups is 2. The number of anilines is 3. The van der Waals surface area contributed by atoms with Crippen molar-refractivity contribution in [2.24, 2.45) is 0 Å². The number of Topliss-reactive ketones (excluding diaryl/α,β-unsaturated/α-hetero) is 1. The van der Waals surface area contributed by atoms with E-state index in [9.17, 15) is 9.59 Å². The molecular formula is C19H26N6O2S. The van der Waals surface area contributed by atoms with E-state index in [4.69, 9.17) is 0 Å². The van der Waals surface area contributed by atoms with Crippen molar-refractivity contribution in [2.45, 2.75) is 57.1 Å². The summed E-state index contributed by atoms with van der Waals surface area (Å²) in [5, 5.41) is 8.34. The fourth-order valence-corrected chi connectivity index (χ4v) is 3.03. The Hall–Kier alpha value is -2.68. The van der Waals surface area contributed by atoms with E-state index < -0.39 is 11.2 Å². The molecule has 1 atom stereocenters. The van der Waals surface area contributed by atoms with Gasteiger partial charge in [-0.1, -0.05) is 30.0 Å². The van der Waals surface area contributed by atoms with Crippen LogP contribution in [0.1, 0.15) is 34.6 Å². The molecule has 0 aliphatic carbocycles. The number of rotatable bonds is 9. The number of nitrogens with zero attached hydrogens (tertiary/aromatic N) is 3. The molecule has 3 N–H and O–H groups in total. The molecule has 1 aromatic heterocycles. The average Bonchev–Trinajstić information content (AvgIpc) is 2.58. The lowest BCUT2D eigenvalue weighted by molar-refractivity contribution is -0.123. The first-order valence-corrected chi connectivity index (χ1v) is 9.94. The Labute approximate surface area is 169 Å². The molecule has 2 aromatic rings. The number of thioether (sulfide) groups is 1. The van der Waals surface area contributed by atoms with Crippen molar-refractivity contribution < 1.29 is 9.59 Å². The second-order valence-corrected chi connectivity index (χ2v) is 7.90. The highest BCUT2D eigenvalue weighted by Gasteiger charge is 2.27. The third-order valence-corrected chi connectivity index (χ3v) is 4.50. The minimum Gasteiger partial charge on any atom is -0.352 e. The topological polar surface area (TPSA) is 109 Å². The van der Waals surface area contributed by atoms with Crippen molar-refractivity contribution in [1.82, 2.24) is 15.0 Å². The molecule has 0 aliphatic heterocycles. The van der Waals surface area contributed by atoms with Crippen LogP contribution in [0.3, 0.4) is 0 Å². The standard InChI is InChI=1S/C19H26N6O2S/c1-11(2)20-17-23-18(21-12(3)4)25-19(24-17)28-15(13(5)26)16(27)22-14-9-7-6-8-10-14/h6-12,15H,1-5H3,(H,22,27)(H2,20,21,23,24,25). The molecular weight excluding hydrogens is 376 g/mol. The summed E-state index contributed by atoms with van der Waals surface area (Å²) >= 11 is 1.00. The summed E-state index contributed by atoms with van der Waals surface area (Å²) < 4.78 is 0. The summed E-state index contributed by atoms with van der Waals surface area (Å²) in [5.41, 5.74) is 0.624. The Kier molecular flexibility index (Phi) is 7.74. The lowest BCUT2D eigenvalue weighted by Gasteiger charge is -2.16. The lowest BCUT2D eigenvalue weighted by Crippen LogP contribution is -2.31. The van der Waals surface area contributed by atoms with Crippen LogP contribution in [0.4, 0.5) is 17.6 Å². The molecule has 0 radical (unpaired) electrons. The van der Waals surface area contributed by atoms with Gasteiger partial charge < -0.3 is 16.0 Å². The van der Waals surface area contributed by atoms with Crippen LogP contribution in [0.15, 0.2) is 35.5 Å². The summed E-state index contributed by atoms with van der Waals surface area (Å²) in [5.74, 6) is 0.0827. The van der Waals surface area contributed by atoms with Crippen molar-refractivity contribution in [1.29, 1.82) is 0 Å². The minimum absolute atomic E-state index is 0.122. The van der Waals surface area contributed by atoms with Gasteiger partial charge in [-0.15, -0.1) is 0 Å². The van der Waals surface area contributed by atoms with E-state index in [1.807, 2.05) is 45.9 Å². The predicted octanol–water partition coefficient (Wildman–Crippen LogP) is 3.20. The highest BCUT2D eigenvalue weighted by Crippen LogP contribution is 2.24. The molecule has 8 nitrogen and oxygen atoms in total. The zero-order valence-corrected chi connectivity index (χ0v) is 17.5. The number of ketones is 1. The predicted molar refractivity (Wildman–Crippen MR) is 113 cm³/mol. The van der Waals surface area contributed by atoms with Gasteiger partial charge in [0.25, 0.3) is 0 Å². The van der Waals surface area contributed by atoms with E-state index >= 15 is 0 Å². The van der Waals surface area contributed by atoms with Gasteiger partial charge in [0, 0.05) is 17.8 Å². The molecule has 0 aliphatic rings. The van der Waals surface area contributed by atoms with Gasteiger partial charge in [-0.3, -0.25) is 9.59 Å². The number of hydrogen-bond donors (Lipinski definition) is 3.